The van der Waals surface area contributed by atoms with Crippen molar-refractivity contribution in [2.75, 3.05) is 6.61 Å². The number of rotatable bonds is 4. The van der Waals surface area contributed by atoms with Crippen LogP contribution in [0.2, 0.25) is 0 Å². The van der Waals surface area contributed by atoms with E-state index in [4.69, 9.17) is 4.18 Å². The Kier molecular flexibility index (Phi) is 3.73. The van der Waals surface area contributed by atoms with Crippen LogP contribution in [0, 0.1) is 30.1 Å². The van der Waals surface area contributed by atoms with Crippen molar-refractivity contribution in [3.05, 3.63) is 42.0 Å². The minimum atomic E-state index is -3.67. The number of aryl methyl sites for hydroxylation is 1. The van der Waals surface area contributed by atoms with Crippen LogP contribution in [-0.4, -0.2) is 15.0 Å². The molecule has 0 unspecified atom stereocenters. The predicted molar refractivity (Wildman–Crippen MR) is 86.9 cm³/mol. The van der Waals surface area contributed by atoms with E-state index in [-0.39, 0.29) is 17.4 Å². The molecule has 0 radical (unpaired) electrons. The molecular weight excluding hydrogens is 296 g/mol. The van der Waals surface area contributed by atoms with Crippen molar-refractivity contribution in [1.82, 2.24) is 0 Å². The molecule has 3 saturated carbocycles. The van der Waals surface area contributed by atoms with Gasteiger partial charge in [-0.1, -0.05) is 43.7 Å². The second-order valence-corrected chi connectivity index (χ2v) is 8.98. The molecule has 22 heavy (non-hydrogen) atoms. The normalized spacial score (nSPS) is 30.0. The fourth-order valence-electron chi connectivity index (χ4n) is 3.94. The Hall–Kier alpha value is -1.13. The van der Waals surface area contributed by atoms with Gasteiger partial charge in [0.05, 0.1) is 11.5 Å². The van der Waals surface area contributed by atoms with Gasteiger partial charge in [0, 0.05) is 5.92 Å². The number of hydrogen-bond acceptors (Lipinski definition) is 3. The maximum Gasteiger partial charge on any atom is 0.296 e. The lowest BCUT2D eigenvalue weighted by Crippen LogP contribution is -2.52. The Bertz CT molecular complexity index is 686. The van der Waals surface area contributed by atoms with E-state index >= 15 is 0 Å². The predicted octanol–water partition coefficient (Wildman–Crippen LogP) is 3.94. The highest BCUT2D eigenvalue weighted by Gasteiger charge is 2.54. The molecule has 4 heteroatoms. The van der Waals surface area contributed by atoms with E-state index in [0.717, 1.165) is 12.0 Å². The molecule has 1 aromatic carbocycles. The summed E-state index contributed by atoms with van der Waals surface area (Å²) in [6.07, 6.45) is 2.19. The molecule has 0 N–H and O–H groups in total. The molecule has 3 atom stereocenters. The summed E-state index contributed by atoms with van der Waals surface area (Å²) >= 11 is 0. The third-order valence-corrected chi connectivity index (χ3v) is 7.04. The lowest BCUT2D eigenvalue weighted by atomic mass is 9.45. The first-order valence-electron chi connectivity index (χ1n) is 7.86. The van der Waals surface area contributed by atoms with Crippen molar-refractivity contribution >= 4 is 10.1 Å². The topological polar surface area (TPSA) is 43.4 Å². The number of hydrogen-bond donors (Lipinski definition) is 0. The molecule has 3 nitrogen and oxygen atoms in total. The van der Waals surface area contributed by atoms with Crippen molar-refractivity contribution in [2.24, 2.45) is 23.2 Å². The highest BCUT2D eigenvalue weighted by molar-refractivity contribution is 7.86. The van der Waals surface area contributed by atoms with Crippen LogP contribution in [-0.2, 0) is 14.3 Å². The third kappa shape index (κ3) is 2.52. The zero-order valence-electron chi connectivity index (χ0n) is 13.5. The van der Waals surface area contributed by atoms with Crippen LogP contribution in [0.5, 0.6) is 0 Å². The lowest BCUT2D eigenvalue weighted by molar-refractivity contribution is -0.0526. The first-order valence-corrected chi connectivity index (χ1v) is 9.27. The average Bonchev–Trinajstić information content (AvgIpc) is 2.46. The van der Waals surface area contributed by atoms with Crippen LogP contribution >= 0.6 is 0 Å². The maximum atomic E-state index is 12.3. The van der Waals surface area contributed by atoms with Crippen LogP contribution in [0.25, 0.3) is 0 Å². The minimum absolute atomic E-state index is 0.164. The molecule has 2 bridgehead atoms. The van der Waals surface area contributed by atoms with Crippen molar-refractivity contribution in [2.45, 2.75) is 38.5 Å². The molecular formula is C18H24O3S. The Morgan fingerprint density at radius 3 is 2.41 bits per heavy atom. The van der Waals surface area contributed by atoms with E-state index in [2.05, 4.69) is 20.4 Å². The highest BCUT2D eigenvalue weighted by atomic mass is 32.2. The van der Waals surface area contributed by atoms with E-state index in [1.807, 2.05) is 6.92 Å². The molecule has 3 aliphatic carbocycles. The van der Waals surface area contributed by atoms with E-state index < -0.39 is 10.1 Å². The van der Waals surface area contributed by atoms with Crippen LogP contribution in [0.15, 0.2) is 41.3 Å². The van der Waals surface area contributed by atoms with Crippen molar-refractivity contribution < 1.29 is 12.6 Å². The standard InChI is InChI=1S/C18H24O3S/c1-12-5-7-16(8-6-12)22(19,20)21-11-14-9-15-10-17(13(14)2)18(15,3)4/h5-8,14-15,17H,2,9-11H2,1,3-4H3/t14-,15+,17-/m0/s1. The Labute approximate surface area is 133 Å². The van der Waals surface area contributed by atoms with Gasteiger partial charge in [0.15, 0.2) is 0 Å². The van der Waals surface area contributed by atoms with Gasteiger partial charge in [-0.25, -0.2) is 0 Å². The van der Waals surface area contributed by atoms with Crippen molar-refractivity contribution in [1.29, 1.82) is 0 Å². The Balaban J connectivity index is 1.66. The lowest BCUT2D eigenvalue weighted by Gasteiger charge is -2.60. The van der Waals surface area contributed by atoms with E-state index in [0.29, 0.717) is 17.3 Å². The first kappa shape index (κ1) is 15.8. The second kappa shape index (κ2) is 5.20. The molecule has 3 aliphatic rings. The van der Waals surface area contributed by atoms with Gasteiger partial charge in [-0.15, -0.1) is 0 Å². The van der Waals surface area contributed by atoms with Gasteiger partial charge >= 0.3 is 0 Å². The number of benzene rings is 1. The van der Waals surface area contributed by atoms with Crippen LogP contribution in [0.4, 0.5) is 0 Å². The summed E-state index contributed by atoms with van der Waals surface area (Å²) in [5.41, 5.74) is 2.53. The van der Waals surface area contributed by atoms with E-state index in [1.54, 1.807) is 24.3 Å². The largest absolute Gasteiger partial charge is 0.296 e. The van der Waals surface area contributed by atoms with Crippen LogP contribution in [0.3, 0.4) is 0 Å². The van der Waals surface area contributed by atoms with E-state index in [9.17, 15) is 8.42 Å². The summed E-state index contributed by atoms with van der Waals surface area (Å²) < 4.78 is 29.8. The summed E-state index contributed by atoms with van der Waals surface area (Å²) in [5, 5.41) is 0. The van der Waals surface area contributed by atoms with Crippen molar-refractivity contribution in [3.8, 4) is 0 Å². The molecule has 1 aromatic rings. The molecule has 0 aliphatic heterocycles. The summed E-state index contributed by atoms with van der Waals surface area (Å²) in [6, 6.07) is 6.77. The Morgan fingerprint density at radius 2 is 1.86 bits per heavy atom. The molecule has 0 amide bonds. The molecule has 0 aromatic heterocycles. The van der Waals surface area contributed by atoms with Gasteiger partial charge in [0.1, 0.15) is 0 Å². The molecule has 0 heterocycles. The quantitative estimate of drug-likeness (QED) is 0.623. The van der Waals surface area contributed by atoms with Gasteiger partial charge in [0.2, 0.25) is 0 Å². The SMILES string of the molecule is C=C1[C@H](COS(=O)(=O)c2ccc(C)cc2)C[C@@H]2C[C@@H]1C2(C)C. The van der Waals surface area contributed by atoms with Gasteiger partial charge in [-0.2, -0.15) is 8.42 Å². The summed E-state index contributed by atoms with van der Waals surface area (Å²) in [7, 11) is -3.67. The molecule has 4 rings (SSSR count). The fourth-order valence-corrected chi connectivity index (χ4v) is 4.89. The zero-order chi connectivity index (χ0) is 16.1. The molecule has 0 spiro atoms. The van der Waals surface area contributed by atoms with Crippen molar-refractivity contribution in [3.63, 3.8) is 0 Å². The van der Waals surface area contributed by atoms with E-state index in [1.165, 1.54) is 12.0 Å². The first-order chi connectivity index (χ1) is 10.2. The zero-order valence-corrected chi connectivity index (χ0v) is 14.3. The maximum absolute atomic E-state index is 12.3. The summed E-state index contributed by atoms with van der Waals surface area (Å²) in [4.78, 5) is 0.227. The highest BCUT2D eigenvalue weighted by Crippen LogP contribution is 2.62. The van der Waals surface area contributed by atoms with Gasteiger partial charge in [0.25, 0.3) is 10.1 Å². The van der Waals surface area contributed by atoms with Gasteiger partial charge < -0.3 is 0 Å². The summed E-state index contributed by atoms with van der Waals surface area (Å²) in [6.45, 7) is 10.9. The molecule has 120 valence electrons. The van der Waals surface area contributed by atoms with Crippen LogP contribution < -0.4 is 0 Å². The molecule has 3 fully saturated rings. The minimum Gasteiger partial charge on any atom is -0.266 e. The van der Waals surface area contributed by atoms with Crippen LogP contribution in [0.1, 0.15) is 32.3 Å². The number of fused-ring (bicyclic) bond motifs is 2. The monoisotopic (exact) mass is 320 g/mol. The average molecular weight is 320 g/mol. The smallest absolute Gasteiger partial charge is 0.266 e. The fraction of sp³-hybridized carbons (Fsp3) is 0.556. The van der Waals surface area contributed by atoms with Gasteiger partial charge in [-0.05, 0) is 49.1 Å². The summed E-state index contributed by atoms with van der Waals surface area (Å²) in [5.74, 6) is 1.35. The molecule has 0 saturated heterocycles. The third-order valence-electron chi connectivity index (χ3n) is 5.75. The Morgan fingerprint density at radius 1 is 1.23 bits per heavy atom. The second-order valence-electron chi connectivity index (χ2n) is 7.37. The van der Waals surface area contributed by atoms with Gasteiger partial charge in [-0.3, -0.25) is 4.18 Å².